The molecule has 10 aromatic rings. The second-order valence-corrected chi connectivity index (χ2v) is 14.2. The van der Waals surface area contributed by atoms with Gasteiger partial charge in [-0.1, -0.05) is 158 Å². The lowest BCUT2D eigenvalue weighted by molar-refractivity contribution is 0.672. The van der Waals surface area contributed by atoms with E-state index in [4.69, 9.17) is 4.42 Å². The van der Waals surface area contributed by atoms with Crippen molar-refractivity contribution in [3.05, 3.63) is 210 Å². The molecule has 9 aromatic carbocycles. The Morgan fingerprint density at radius 3 is 2.02 bits per heavy atom. The quantitative estimate of drug-likeness (QED) is 0.170. The minimum absolute atomic E-state index is 0.115. The van der Waals surface area contributed by atoms with Crippen LogP contribution in [0.5, 0.6) is 0 Å². The van der Waals surface area contributed by atoms with Crippen molar-refractivity contribution in [2.75, 3.05) is 4.90 Å². The lowest BCUT2D eigenvalue weighted by Crippen LogP contribution is -2.29. The number of anilines is 3. The van der Waals surface area contributed by atoms with Gasteiger partial charge in [0.15, 0.2) is 0 Å². The van der Waals surface area contributed by atoms with Crippen molar-refractivity contribution in [2.45, 2.75) is 12.3 Å². The standard InChI is InChI=1S/C54H37NO/c1-2-10-36(11-3-1)37-20-27-44(28-21-37)55(45-29-22-38(23-30-45)41-25-31-47-42(34-41)19-18-39-12-4-6-14-46(39)47)52-17-9-8-15-48(52)43-26-33-53-51(35-43)50-32-24-40-13-5-7-16-49(40)54(50)56-53/h1-24,26-35,41H,25H2/i20D,21D,22D,23D,27D,28D,29D,30D. The maximum Gasteiger partial charge on any atom is 0.143 e. The highest BCUT2D eigenvalue weighted by molar-refractivity contribution is 6.15. The summed E-state index contributed by atoms with van der Waals surface area (Å²) in [6.07, 6.45) is 4.58. The Morgan fingerprint density at radius 1 is 0.518 bits per heavy atom. The van der Waals surface area contributed by atoms with Gasteiger partial charge in [-0.2, -0.15) is 0 Å². The molecule has 0 aliphatic heterocycles. The van der Waals surface area contributed by atoms with Gasteiger partial charge >= 0.3 is 0 Å². The first-order valence-electron chi connectivity index (χ1n) is 22.8. The minimum atomic E-state index is -0.464. The van der Waals surface area contributed by atoms with Gasteiger partial charge in [-0.3, -0.25) is 0 Å². The summed E-state index contributed by atoms with van der Waals surface area (Å²) in [5.41, 5.74) is 3.60. The Labute approximate surface area is 336 Å². The van der Waals surface area contributed by atoms with Gasteiger partial charge in [0.25, 0.3) is 0 Å². The van der Waals surface area contributed by atoms with Crippen LogP contribution in [-0.4, -0.2) is 0 Å². The van der Waals surface area contributed by atoms with E-state index >= 15 is 0 Å². The second kappa shape index (κ2) is 13.3. The molecule has 0 radical (unpaired) electrons. The summed E-state index contributed by atoms with van der Waals surface area (Å²) >= 11 is 0. The van der Waals surface area contributed by atoms with Crippen LogP contribution < -0.4 is 15.3 Å². The van der Waals surface area contributed by atoms with Gasteiger partial charge in [0, 0.05) is 39.0 Å². The molecule has 0 saturated carbocycles. The molecule has 1 heterocycles. The summed E-state index contributed by atoms with van der Waals surface area (Å²) in [5.74, 6) is -0.464. The number of nitrogens with zero attached hydrogens (tertiary/aromatic N) is 1. The number of benzene rings is 9. The summed E-state index contributed by atoms with van der Waals surface area (Å²) < 4.78 is 82.9. The molecule has 0 amide bonds. The highest BCUT2D eigenvalue weighted by Gasteiger charge is 2.20. The zero-order valence-corrected chi connectivity index (χ0v) is 30.2. The Balaban J connectivity index is 1.15. The zero-order chi connectivity index (χ0) is 44.0. The van der Waals surface area contributed by atoms with E-state index in [1.165, 1.54) is 4.90 Å². The van der Waals surface area contributed by atoms with Crippen molar-refractivity contribution in [2.24, 2.45) is 0 Å². The first-order chi connectivity index (χ1) is 31.1. The van der Waals surface area contributed by atoms with Gasteiger partial charge in [-0.15, -0.1) is 0 Å². The largest absolute Gasteiger partial charge is 0.455 e. The molecular formula is C54H37NO. The van der Waals surface area contributed by atoms with E-state index in [-0.39, 0.29) is 58.8 Å². The van der Waals surface area contributed by atoms with Gasteiger partial charge in [0.05, 0.1) is 16.7 Å². The second-order valence-electron chi connectivity index (χ2n) is 14.2. The third-order valence-electron chi connectivity index (χ3n) is 10.9. The molecule has 264 valence electrons. The van der Waals surface area contributed by atoms with Crippen LogP contribution >= 0.6 is 0 Å². The van der Waals surface area contributed by atoms with Gasteiger partial charge in [-0.05, 0) is 104 Å². The summed E-state index contributed by atoms with van der Waals surface area (Å²) in [6.45, 7) is 0. The van der Waals surface area contributed by atoms with Crippen LogP contribution in [0.15, 0.2) is 198 Å². The predicted molar refractivity (Wildman–Crippen MR) is 236 cm³/mol. The van der Waals surface area contributed by atoms with Crippen LogP contribution in [-0.2, 0) is 0 Å². The summed E-state index contributed by atoms with van der Waals surface area (Å²) in [7, 11) is 0. The minimum Gasteiger partial charge on any atom is -0.455 e. The number of rotatable bonds is 6. The van der Waals surface area contributed by atoms with Crippen LogP contribution in [0.4, 0.5) is 17.1 Å². The smallest absolute Gasteiger partial charge is 0.143 e. The van der Waals surface area contributed by atoms with Crippen molar-refractivity contribution >= 4 is 72.7 Å². The van der Waals surface area contributed by atoms with Crippen molar-refractivity contribution in [3.8, 4) is 22.3 Å². The normalized spacial score (nSPS) is 15.8. The van der Waals surface area contributed by atoms with Gasteiger partial charge in [-0.25, -0.2) is 0 Å². The molecule has 0 N–H and O–H groups in total. The first-order valence-corrected chi connectivity index (χ1v) is 18.8. The number of fused-ring (bicyclic) bond motifs is 8. The number of para-hydroxylation sites is 1. The predicted octanol–water partition coefficient (Wildman–Crippen LogP) is 13.4. The molecule has 2 heteroatoms. The van der Waals surface area contributed by atoms with Crippen molar-refractivity contribution in [1.82, 2.24) is 0 Å². The lowest BCUT2D eigenvalue weighted by Gasteiger charge is -2.28. The van der Waals surface area contributed by atoms with E-state index in [2.05, 4.69) is 24.3 Å². The fraction of sp³-hybridized carbons (Fsp3) is 0.0370. The fourth-order valence-electron chi connectivity index (χ4n) is 8.13. The molecule has 2 nitrogen and oxygen atoms in total. The molecule has 0 saturated heterocycles. The number of hydrogen-bond acceptors (Lipinski definition) is 2. The lowest BCUT2D eigenvalue weighted by atomic mass is 9.89. The molecule has 1 unspecified atom stereocenters. The monoisotopic (exact) mass is 723 g/mol. The third kappa shape index (κ3) is 5.49. The summed E-state index contributed by atoms with van der Waals surface area (Å²) in [4.78, 5) is 1.40. The Hall–Kier alpha value is -7.16. The summed E-state index contributed by atoms with van der Waals surface area (Å²) in [6, 6.07) is 43.6. The van der Waals surface area contributed by atoms with Gasteiger partial charge < -0.3 is 9.32 Å². The van der Waals surface area contributed by atoms with E-state index in [0.29, 0.717) is 28.8 Å². The van der Waals surface area contributed by atoms with Crippen molar-refractivity contribution in [3.63, 3.8) is 0 Å². The molecule has 1 atom stereocenters. The van der Waals surface area contributed by atoms with Crippen LogP contribution in [0.25, 0.3) is 77.9 Å². The van der Waals surface area contributed by atoms with Crippen LogP contribution in [0.3, 0.4) is 0 Å². The topological polar surface area (TPSA) is 16.4 Å². The molecule has 0 spiro atoms. The van der Waals surface area contributed by atoms with E-state index in [1.54, 1.807) is 36.4 Å². The Bertz CT molecular complexity index is 3660. The van der Waals surface area contributed by atoms with Gasteiger partial charge in [0.1, 0.15) is 11.2 Å². The zero-order valence-electron chi connectivity index (χ0n) is 38.2. The van der Waals surface area contributed by atoms with E-state index in [0.717, 1.165) is 53.9 Å². The Kier molecular flexibility index (Phi) is 5.94. The SMILES string of the molecule is [2H]c1c([2H])c(N(c2ccccc2-c2ccc3oc4c5ccccc5ccc4c3c2)c2c([2H])c([2H])c(C3C=c4ccc5ccccc5c4=CC3)c([2H])c2[2H])c([2H])c([2H])c1-c1ccccc1. The average Bonchev–Trinajstić information content (AvgIpc) is 3.71. The number of hydrogen-bond donors (Lipinski definition) is 0. The molecule has 56 heavy (non-hydrogen) atoms. The average molecular weight is 724 g/mol. The van der Waals surface area contributed by atoms with E-state index in [9.17, 15) is 11.0 Å². The molecule has 0 bridgehead atoms. The van der Waals surface area contributed by atoms with Crippen molar-refractivity contribution < 1.29 is 15.4 Å². The van der Waals surface area contributed by atoms with E-state index in [1.807, 2.05) is 97.1 Å². The molecule has 0 fully saturated rings. The number of furan rings is 1. The van der Waals surface area contributed by atoms with E-state index < -0.39 is 18.0 Å². The fourth-order valence-corrected chi connectivity index (χ4v) is 8.13. The molecule has 1 aromatic heterocycles. The first kappa shape index (κ1) is 25.0. The molecular weight excluding hydrogens is 679 g/mol. The molecule has 11 rings (SSSR count). The highest BCUT2D eigenvalue weighted by Crippen LogP contribution is 2.43. The maximum atomic E-state index is 9.73. The van der Waals surface area contributed by atoms with Crippen LogP contribution in [0.1, 0.15) is 28.9 Å². The summed E-state index contributed by atoms with van der Waals surface area (Å²) in [5, 5.41) is 8.05. The Morgan fingerprint density at radius 2 is 1.20 bits per heavy atom. The maximum absolute atomic E-state index is 9.73. The highest BCUT2D eigenvalue weighted by atomic mass is 16.3. The molecule has 1 aliphatic carbocycles. The van der Waals surface area contributed by atoms with Crippen LogP contribution in [0, 0.1) is 0 Å². The van der Waals surface area contributed by atoms with Crippen molar-refractivity contribution in [1.29, 1.82) is 0 Å². The molecule has 1 aliphatic rings. The third-order valence-corrected chi connectivity index (χ3v) is 10.9. The van der Waals surface area contributed by atoms with Crippen LogP contribution in [0.2, 0.25) is 0 Å². The van der Waals surface area contributed by atoms with Gasteiger partial charge in [0.2, 0.25) is 0 Å².